The van der Waals surface area contributed by atoms with Gasteiger partial charge in [0, 0.05) is 17.7 Å². The summed E-state index contributed by atoms with van der Waals surface area (Å²) in [7, 11) is 1.16. The molecular formula is C22H20O12. The number of hydrogen-bond acceptors (Lipinski definition) is 11. The Hall–Kier alpha value is -3.84. The number of aliphatic hydroxyl groups excluding tert-OH is 3. The second-order valence-electron chi connectivity index (χ2n) is 7.50. The van der Waals surface area contributed by atoms with Gasteiger partial charge in [-0.15, -0.1) is 0 Å². The van der Waals surface area contributed by atoms with Crippen LogP contribution in [0, 0.1) is 0 Å². The van der Waals surface area contributed by atoms with E-state index in [9.17, 15) is 40.2 Å². The number of ether oxygens (including phenoxy) is 3. The van der Waals surface area contributed by atoms with E-state index in [4.69, 9.17) is 18.6 Å². The first-order valence-electron chi connectivity index (χ1n) is 9.88. The predicted octanol–water partition coefficient (Wildman–Crippen LogP) is 0.151. The molecular weight excluding hydrogens is 456 g/mol. The first kappa shape index (κ1) is 23.3. The first-order valence-corrected chi connectivity index (χ1v) is 9.88. The topological polar surface area (TPSA) is 196 Å². The van der Waals surface area contributed by atoms with Crippen LogP contribution in [0.15, 0.2) is 45.6 Å². The Morgan fingerprint density at radius 2 is 1.68 bits per heavy atom. The number of methoxy groups -OCH3 is 1. The maximum atomic E-state index is 12.7. The van der Waals surface area contributed by atoms with Crippen molar-refractivity contribution in [2.45, 2.75) is 30.7 Å². The Bertz CT molecular complexity index is 1280. The molecule has 0 spiro atoms. The lowest BCUT2D eigenvalue weighted by Gasteiger charge is -2.38. The fraction of sp³-hybridized carbons (Fsp3) is 0.273. The van der Waals surface area contributed by atoms with E-state index in [1.165, 1.54) is 24.3 Å². The highest BCUT2D eigenvalue weighted by atomic mass is 16.7. The smallest absolute Gasteiger partial charge is 0.335 e. The number of fused-ring (bicyclic) bond motifs is 1. The van der Waals surface area contributed by atoms with E-state index in [1.54, 1.807) is 0 Å². The van der Waals surface area contributed by atoms with Crippen LogP contribution in [-0.2, 0) is 9.53 Å². The maximum absolute atomic E-state index is 12.7. The number of carbonyl (C=O) groups is 1. The Labute approximate surface area is 190 Å². The van der Waals surface area contributed by atoms with Gasteiger partial charge in [-0.3, -0.25) is 4.79 Å². The molecule has 1 aliphatic rings. The normalized spacial score (nSPS) is 24.6. The Morgan fingerprint density at radius 3 is 2.29 bits per heavy atom. The summed E-state index contributed by atoms with van der Waals surface area (Å²) in [6.07, 6.45) is -9.42. The van der Waals surface area contributed by atoms with Crippen LogP contribution in [0.2, 0.25) is 0 Å². The zero-order valence-electron chi connectivity index (χ0n) is 17.5. The minimum atomic E-state index is -1.93. The lowest BCUT2D eigenvalue weighted by atomic mass is 9.99. The number of phenolic OH excluding ortho intramolecular Hbond substituents is 2. The molecule has 0 saturated carbocycles. The monoisotopic (exact) mass is 476 g/mol. The molecule has 1 aliphatic heterocycles. The largest absolute Gasteiger partial charge is 0.508 e. The van der Waals surface area contributed by atoms with Crippen molar-refractivity contribution in [1.82, 2.24) is 0 Å². The molecule has 12 nitrogen and oxygen atoms in total. The number of carboxylic acids is 1. The lowest BCUT2D eigenvalue weighted by Crippen LogP contribution is -2.61. The molecule has 0 unspecified atom stereocenters. The van der Waals surface area contributed by atoms with E-state index in [0.717, 1.165) is 19.2 Å². The molecule has 1 aromatic heterocycles. The highest BCUT2D eigenvalue weighted by Gasteiger charge is 2.48. The van der Waals surface area contributed by atoms with Crippen LogP contribution < -0.4 is 14.9 Å². The number of hydrogen-bond donors (Lipinski definition) is 6. The van der Waals surface area contributed by atoms with Crippen molar-refractivity contribution >= 4 is 16.9 Å². The van der Waals surface area contributed by atoms with Crippen molar-refractivity contribution in [3.63, 3.8) is 0 Å². The van der Waals surface area contributed by atoms with Gasteiger partial charge < -0.3 is 49.3 Å². The summed E-state index contributed by atoms with van der Waals surface area (Å²) in [5.41, 5.74) is -0.323. The van der Waals surface area contributed by atoms with Crippen molar-refractivity contribution in [3.8, 4) is 34.3 Å². The van der Waals surface area contributed by atoms with E-state index < -0.39 is 47.9 Å². The SMILES string of the molecule is COc1c(O[C@H]2O[C@H](C(=O)O)[C@H](O)[C@H](O)[C@@H]2O)cc2oc(-c3ccc(O)cc3)cc(=O)c2c1O. The Balaban J connectivity index is 1.80. The van der Waals surface area contributed by atoms with Gasteiger partial charge in [0.1, 0.15) is 40.8 Å². The van der Waals surface area contributed by atoms with Crippen LogP contribution in [0.3, 0.4) is 0 Å². The van der Waals surface area contributed by atoms with E-state index in [1.807, 2.05) is 0 Å². The van der Waals surface area contributed by atoms with Gasteiger partial charge in [0.05, 0.1) is 7.11 Å². The van der Waals surface area contributed by atoms with Gasteiger partial charge in [0.25, 0.3) is 0 Å². The second kappa shape index (κ2) is 8.83. The lowest BCUT2D eigenvalue weighted by molar-refractivity contribution is -0.271. The quantitative estimate of drug-likeness (QED) is 0.292. The molecule has 5 atom stereocenters. The standard InChI is InChI=1S/C22H20O12/c1-31-19-13(33-22-18(28)16(26)17(27)20(34-22)21(29)30)7-12-14(15(19)25)10(24)6-11(32-12)8-2-4-9(23)5-3-8/h2-7,16-18,20,22-23,25-28H,1H3,(H,29,30)/t16-,17+,18-,20-,22-/m0/s1. The highest BCUT2D eigenvalue weighted by molar-refractivity contribution is 5.89. The van der Waals surface area contributed by atoms with Crippen LogP contribution >= 0.6 is 0 Å². The van der Waals surface area contributed by atoms with Gasteiger partial charge in [-0.1, -0.05) is 0 Å². The zero-order chi connectivity index (χ0) is 24.7. The molecule has 34 heavy (non-hydrogen) atoms. The molecule has 0 bridgehead atoms. The summed E-state index contributed by atoms with van der Waals surface area (Å²) in [6, 6.07) is 8.08. The molecule has 12 heteroatoms. The van der Waals surface area contributed by atoms with Crippen LogP contribution in [-0.4, -0.2) is 74.4 Å². The van der Waals surface area contributed by atoms with Gasteiger partial charge in [-0.25, -0.2) is 4.79 Å². The fourth-order valence-corrected chi connectivity index (χ4v) is 3.59. The zero-order valence-corrected chi connectivity index (χ0v) is 17.5. The number of phenols is 2. The van der Waals surface area contributed by atoms with Gasteiger partial charge in [-0.2, -0.15) is 0 Å². The van der Waals surface area contributed by atoms with Crippen molar-refractivity contribution in [2.75, 3.05) is 7.11 Å². The third-order valence-corrected chi connectivity index (χ3v) is 5.32. The maximum Gasteiger partial charge on any atom is 0.335 e. The van der Waals surface area contributed by atoms with Crippen LogP contribution in [0.4, 0.5) is 0 Å². The molecule has 1 saturated heterocycles. The minimum Gasteiger partial charge on any atom is -0.508 e. The summed E-state index contributed by atoms with van der Waals surface area (Å²) in [6.45, 7) is 0. The molecule has 2 heterocycles. The average molecular weight is 476 g/mol. The number of rotatable bonds is 5. The Kier molecular flexibility index (Phi) is 6.06. The average Bonchev–Trinajstić information content (AvgIpc) is 2.79. The number of aliphatic hydroxyl groups is 3. The third-order valence-electron chi connectivity index (χ3n) is 5.32. The second-order valence-corrected chi connectivity index (χ2v) is 7.50. The van der Waals surface area contributed by atoms with Crippen LogP contribution in [0.1, 0.15) is 0 Å². The van der Waals surface area contributed by atoms with Crippen molar-refractivity contribution in [1.29, 1.82) is 0 Å². The van der Waals surface area contributed by atoms with E-state index in [-0.39, 0.29) is 34.0 Å². The van der Waals surface area contributed by atoms with Gasteiger partial charge in [0.2, 0.25) is 12.0 Å². The van der Waals surface area contributed by atoms with Crippen LogP contribution in [0.5, 0.6) is 23.0 Å². The molecule has 3 aromatic rings. The minimum absolute atomic E-state index is 0.00274. The van der Waals surface area contributed by atoms with Crippen molar-refractivity contribution in [2.24, 2.45) is 0 Å². The molecule has 0 radical (unpaired) electrons. The molecule has 180 valence electrons. The predicted molar refractivity (Wildman–Crippen MR) is 113 cm³/mol. The van der Waals surface area contributed by atoms with Crippen molar-refractivity contribution in [3.05, 3.63) is 46.6 Å². The van der Waals surface area contributed by atoms with E-state index >= 15 is 0 Å². The van der Waals surface area contributed by atoms with Gasteiger partial charge >= 0.3 is 5.97 Å². The van der Waals surface area contributed by atoms with Gasteiger partial charge in [0.15, 0.2) is 23.0 Å². The van der Waals surface area contributed by atoms with Crippen molar-refractivity contribution < 1.29 is 54.1 Å². The Morgan fingerprint density at radius 1 is 1.00 bits per heavy atom. The number of benzene rings is 2. The van der Waals surface area contributed by atoms with Crippen LogP contribution in [0.25, 0.3) is 22.3 Å². The molecule has 4 rings (SSSR count). The van der Waals surface area contributed by atoms with E-state index in [2.05, 4.69) is 0 Å². The summed E-state index contributed by atoms with van der Waals surface area (Å²) in [5.74, 6) is -2.81. The number of aliphatic carboxylic acids is 1. The highest BCUT2D eigenvalue weighted by Crippen LogP contribution is 2.43. The summed E-state index contributed by atoms with van der Waals surface area (Å²) >= 11 is 0. The summed E-state index contributed by atoms with van der Waals surface area (Å²) in [4.78, 5) is 24.1. The fourth-order valence-electron chi connectivity index (χ4n) is 3.59. The first-order chi connectivity index (χ1) is 16.1. The van der Waals surface area contributed by atoms with E-state index in [0.29, 0.717) is 5.56 Å². The third kappa shape index (κ3) is 3.99. The number of carboxylic acid groups (broad SMARTS) is 1. The van der Waals surface area contributed by atoms with Gasteiger partial charge in [-0.05, 0) is 24.3 Å². The molecule has 1 fully saturated rings. The molecule has 6 N–H and O–H groups in total. The molecule has 0 amide bonds. The summed E-state index contributed by atoms with van der Waals surface area (Å²) < 4.78 is 21.4. The molecule has 0 aliphatic carbocycles. The summed E-state index contributed by atoms with van der Waals surface area (Å²) in [5, 5.41) is 59.1. The number of aromatic hydroxyl groups is 2. The molecule has 2 aromatic carbocycles.